The number of hydrogen-bond donors (Lipinski definition) is 15. The van der Waals surface area contributed by atoms with Crippen molar-refractivity contribution in [3.05, 3.63) is 11.6 Å². The van der Waals surface area contributed by atoms with E-state index in [9.17, 15) is 91.0 Å². The van der Waals surface area contributed by atoms with E-state index in [2.05, 4.69) is 20.8 Å². The topological polar surface area (TPSA) is 482 Å². The van der Waals surface area contributed by atoms with E-state index in [0.717, 1.165) is 19.4 Å². The molecule has 94 heavy (non-hydrogen) atoms. The fourth-order valence-corrected chi connectivity index (χ4v) is 18.5. The maximum Gasteiger partial charge on any atom is 0.315 e. The molecule has 5 aliphatic heterocycles. The van der Waals surface area contributed by atoms with Gasteiger partial charge in [0.2, 0.25) is 6.29 Å². The Balaban J connectivity index is 0.942. The number of aliphatic hydroxyl groups is 14. The second-order valence-electron chi connectivity index (χ2n) is 29.6. The molecule has 0 amide bonds. The lowest BCUT2D eigenvalue weighted by Crippen LogP contribution is -2.71. The number of carboxylic acids is 1. The summed E-state index contributed by atoms with van der Waals surface area (Å²) in [6, 6.07) is 0. The minimum atomic E-state index is -2.00. The van der Waals surface area contributed by atoms with E-state index in [1.807, 2.05) is 13.0 Å². The lowest BCUT2D eigenvalue weighted by Gasteiger charge is -2.71. The second kappa shape index (κ2) is 27.3. The van der Waals surface area contributed by atoms with Crippen molar-refractivity contribution in [2.45, 2.75) is 280 Å². The minimum absolute atomic E-state index is 0.0797. The molecule has 10 aliphatic rings. The average molecular weight is 1350 g/mol. The molecule has 31 heteroatoms. The molecule has 34 atom stereocenters. The zero-order chi connectivity index (χ0) is 69.0. The van der Waals surface area contributed by atoms with E-state index in [4.69, 9.17) is 56.8 Å². The van der Waals surface area contributed by atoms with E-state index < -0.39 is 255 Å². The number of aliphatic carboxylic acids is 1. The molecule has 0 spiro atoms. The van der Waals surface area contributed by atoms with Crippen molar-refractivity contribution < 1.29 is 153 Å². The molecule has 22 unspecified atom stereocenters. The number of fused-ring (bicyclic) bond motifs is 7. The lowest BCUT2D eigenvalue weighted by molar-refractivity contribution is -0.382. The molecular weight excluding hydrogens is 1250 g/mol. The smallest absolute Gasteiger partial charge is 0.315 e. The van der Waals surface area contributed by atoms with Gasteiger partial charge in [0.1, 0.15) is 91.6 Å². The molecule has 0 aromatic heterocycles. The standard InChI is InChI=1S/C63H98O31/c1-24-45(90-51-42(77)36(71)31(70)22-83-51)41(76)44(79)52(84-24)92-49-48(87-27(4)68)46(86-26(3)67)25(2)85-55(49)94-57(82)62-15-14-58(5,6)18-29(62)28-10-11-34-59(7)19-30(69)50(61(9,56(80)81)35(59)12-13-60(34,8)63(28,23-66)17-16-62)93-54-47(40(75)38(73)33(21-65)89-54)91-53-43(78)39(74)37(72)32(20-64)88-53/h10,24-25,29-55,64-66,69-79H,11-23H2,1-9H3,(H,80,81)/t24?,25?,29-,30?,31?,32?,33?,34+,35-,36?,37?,38?,39?,40?,41?,42?,43?,44?,45?,46?,47?,48?,49?,50?,51-,52-,53-,54-,55?,59-,60-,61-,62+,63+/m0/s1. The summed E-state index contributed by atoms with van der Waals surface area (Å²) in [6.07, 6.45) is -39.7. The van der Waals surface area contributed by atoms with Crippen LogP contribution in [-0.4, -0.2) is 287 Å². The molecule has 0 aromatic carbocycles. The van der Waals surface area contributed by atoms with Crippen LogP contribution in [0.25, 0.3) is 0 Å². The fourth-order valence-electron chi connectivity index (χ4n) is 18.5. The van der Waals surface area contributed by atoms with Gasteiger partial charge in [-0.2, -0.15) is 0 Å². The van der Waals surface area contributed by atoms with Crippen LogP contribution in [0.1, 0.15) is 120 Å². The third-order valence-corrected chi connectivity index (χ3v) is 23.6. The van der Waals surface area contributed by atoms with Crippen LogP contribution in [0.2, 0.25) is 0 Å². The summed E-state index contributed by atoms with van der Waals surface area (Å²) < 4.78 is 72.0. The van der Waals surface area contributed by atoms with Crippen molar-refractivity contribution in [1.29, 1.82) is 0 Å². The second-order valence-corrected chi connectivity index (χ2v) is 29.6. The molecule has 5 saturated heterocycles. The monoisotopic (exact) mass is 1350 g/mol. The molecule has 5 aliphatic carbocycles. The first-order valence-electron chi connectivity index (χ1n) is 32.7. The Morgan fingerprint density at radius 2 is 1.07 bits per heavy atom. The largest absolute Gasteiger partial charge is 0.481 e. The van der Waals surface area contributed by atoms with Crippen molar-refractivity contribution in [3.8, 4) is 0 Å². The van der Waals surface area contributed by atoms with Crippen LogP contribution >= 0.6 is 0 Å². The van der Waals surface area contributed by atoms with E-state index in [1.165, 1.54) is 20.8 Å². The fraction of sp³-hybridized carbons (Fsp3) is 0.905. The number of allylic oxidation sites excluding steroid dienone is 1. The van der Waals surface area contributed by atoms with Crippen LogP contribution in [0.3, 0.4) is 0 Å². The SMILES string of the molecule is CC(=O)OC1C(C)OC(OC(=O)[C@@]23CCC(C)(C)C[C@H]2C2=CC[C@@H]4[C@]5(C)CC(O)C(O[C@@H]6OC(CO)C(O)C(O)C6O[C@@H]6OC(CO)C(O)C(O)C6O)[C@@](C)(C(=O)O)[C@H]5CC[C@]4(C)[C@@]2(CO)CC3)C(O[C@@H]2OC(C)C(O[C@@H]3OCC(O)C(O)C3O)C(O)C2O)C1OC(C)=O. The van der Waals surface area contributed by atoms with E-state index in [-0.39, 0.29) is 37.5 Å². The Morgan fingerprint density at radius 1 is 0.532 bits per heavy atom. The highest BCUT2D eigenvalue weighted by Gasteiger charge is 2.74. The lowest BCUT2D eigenvalue weighted by atomic mass is 9.33. The summed E-state index contributed by atoms with van der Waals surface area (Å²) in [4.78, 5) is 55.8. The molecular formula is C63H98O31. The van der Waals surface area contributed by atoms with E-state index in [0.29, 0.717) is 25.7 Å². The molecule has 10 rings (SSSR count). The first-order chi connectivity index (χ1) is 44.0. The number of carbonyl (C=O) groups excluding carboxylic acids is 3. The van der Waals surface area contributed by atoms with Crippen molar-refractivity contribution in [3.63, 3.8) is 0 Å². The number of esters is 3. The Bertz CT molecular complexity index is 2760. The van der Waals surface area contributed by atoms with Gasteiger partial charge in [-0.15, -0.1) is 0 Å². The normalized spacial score (nSPS) is 51.7. The van der Waals surface area contributed by atoms with E-state index in [1.54, 1.807) is 0 Å². The van der Waals surface area contributed by atoms with Crippen LogP contribution in [0, 0.1) is 50.2 Å². The third kappa shape index (κ3) is 12.4. The number of ether oxygens (including phenoxy) is 12. The molecule has 15 N–H and O–H groups in total. The van der Waals surface area contributed by atoms with Gasteiger partial charge in [0.25, 0.3) is 0 Å². The van der Waals surface area contributed by atoms with E-state index >= 15 is 4.79 Å². The Labute approximate surface area is 543 Å². The molecule has 0 bridgehead atoms. The third-order valence-electron chi connectivity index (χ3n) is 23.6. The molecule has 4 saturated carbocycles. The Hall–Kier alpha value is -3.30. The highest BCUT2D eigenvalue weighted by Crippen LogP contribution is 2.76. The number of rotatable bonds is 16. The zero-order valence-corrected chi connectivity index (χ0v) is 54.3. The summed E-state index contributed by atoms with van der Waals surface area (Å²) in [5.41, 5.74) is -5.84. The zero-order valence-electron chi connectivity index (χ0n) is 54.3. The van der Waals surface area contributed by atoms with Gasteiger partial charge >= 0.3 is 23.9 Å². The van der Waals surface area contributed by atoms with Gasteiger partial charge in [-0.3, -0.25) is 19.2 Å². The molecule has 31 nitrogen and oxygen atoms in total. The predicted octanol–water partition coefficient (Wildman–Crippen LogP) is -3.37. The molecule has 9 fully saturated rings. The van der Waals surface area contributed by atoms with Crippen LogP contribution < -0.4 is 0 Å². The number of aliphatic hydroxyl groups excluding tert-OH is 14. The number of hydrogen-bond acceptors (Lipinski definition) is 30. The summed E-state index contributed by atoms with van der Waals surface area (Å²) in [5, 5.41) is 165. The highest BCUT2D eigenvalue weighted by molar-refractivity contribution is 5.79. The van der Waals surface area contributed by atoms with Crippen molar-refractivity contribution in [2.75, 3.05) is 26.4 Å². The predicted molar refractivity (Wildman–Crippen MR) is 310 cm³/mol. The van der Waals surface area contributed by atoms with Crippen molar-refractivity contribution >= 4 is 23.9 Å². The van der Waals surface area contributed by atoms with Gasteiger partial charge in [-0.1, -0.05) is 39.3 Å². The van der Waals surface area contributed by atoms with Gasteiger partial charge in [0, 0.05) is 19.3 Å². The molecule has 0 radical (unpaired) electrons. The van der Waals surface area contributed by atoms with Gasteiger partial charge in [0.05, 0.1) is 55.6 Å². The highest BCUT2D eigenvalue weighted by atomic mass is 16.8. The average Bonchev–Trinajstić information content (AvgIpc) is 0.670. The summed E-state index contributed by atoms with van der Waals surface area (Å²) in [5.74, 6) is -5.66. The summed E-state index contributed by atoms with van der Waals surface area (Å²) in [6.45, 7) is 12.1. The molecule has 536 valence electrons. The van der Waals surface area contributed by atoms with Crippen molar-refractivity contribution in [2.24, 2.45) is 50.2 Å². The Kier molecular flexibility index (Phi) is 21.3. The van der Waals surface area contributed by atoms with Gasteiger partial charge in [0.15, 0.2) is 43.5 Å². The molecule has 5 heterocycles. The van der Waals surface area contributed by atoms with Crippen LogP contribution in [-0.2, 0) is 76.0 Å². The quantitative estimate of drug-likeness (QED) is 0.0310. The van der Waals surface area contributed by atoms with Crippen molar-refractivity contribution in [1.82, 2.24) is 0 Å². The first kappa shape index (κ1) is 73.4. The maximum atomic E-state index is 15.9. The van der Waals surface area contributed by atoms with Gasteiger partial charge in [-0.05, 0) is 113 Å². The Morgan fingerprint density at radius 3 is 1.70 bits per heavy atom. The molecule has 0 aromatic rings. The van der Waals surface area contributed by atoms with Gasteiger partial charge < -0.3 is 133 Å². The van der Waals surface area contributed by atoms with Crippen LogP contribution in [0.4, 0.5) is 0 Å². The van der Waals surface area contributed by atoms with Crippen LogP contribution in [0.15, 0.2) is 11.6 Å². The minimum Gasteiger partial charge on any atom is -0.481 e. The number of carboxylic acid groups (broad SMARTS) is 1. The van der Waals surface area contributed by atoms with Crippen LogP contribution in [0.5, 0.6) is 0 Å². The maximum absolute atomic E-state index is 15.9. The van der Waals surface area contributed by atoms with Gasteiger partial charge in [-0.25, -0.2) is 0 Å². The summed E-state index contributed by atoms with van der Waals surface area (Å²) in [7, 11) is 0. The summed E-state index contributed by atoms with van der Waals surface area (Å²) >= 11 is 0. The first-order valence-corrected chi connectivity index (χ1v) is 32.7. The number of carbonyl (C=O) groups is 4.